The van der Waals surface area contributed by atoms with Gasteiger partial charge in [0.15, 0.2) is 0 Å². The number of fused-ring (bicyclic) bond motifs is 2. The van der Waals surface area contributed by atoms with Crippen LogP contribution in [0.1, 0.15) is 96.8 Å². The first-order valence-corrected chi connectivity index (χ1v) is 14.6. The molecule has 0 heterocycles. The van der Waals surface area contributed by atoms with Crippen molar-refractivity contribution in [3.8, 4) is 5.75 Å². The fourth-order valence-electron chi connectivity index (χ4n) is 4.97. The van der Waals surface area contributed by atoms with Gasteiger partial charge in [-0.05, 0) is 47.2 Å². The Morgan fingerprint density at radius 1 is 0.763 bits per heavy atom. The van der Waals surface area contributed by atoms with Crippen LogP contribution in [0.5, 0.6) is 5.75 Å². The maximum Gasteiger partial charge on any atom is 0.312 e. The molecule has 0 aromatic heterocycles. The minimum Gasteiger partial charge on any atom is -0.481 e. The number of benzene rings is 3. The van der Waals surface area contributed by atoms with Crippen molar-refractivity contribution < 1.29 is 19.4 Å². The molecule has 0 spiro atoms. The van der Waals surface area contributed by atoms with Gasteiger partial charge in [-0.1, -0.05) is 126 Å². The number of aliphatic carboxylic acids is 1. The quantitative estimate of drug-likeness (QED) is 0.0601. The molecule has 3 rings (SSSR count). The Labute approximate surface area is 228 Å². The standard InChI is InChI=1S/C34H44O4/c1-2-3-4-5-6-7-8-9-10-11-12-13-14-15-21-30(34(36)37)26-33(35)38-32-23-18-22-29-24-27-19-16-17-20-28(27)25-31(29)32/h15-25,30H,2-14,26H2,1H3,(H,36,37). The Bertz CT molecular complexity index is 1180. The Hall–Kier alpha value is -3.14. The van der Waals surface area contributed by atoms with Crippen LogP contribution < -0.4 is 4.74 Å². The number of carboxylic acid groups (broad SMARTS) is 1. The number of rotatable bonds is 18. The number of hydrogen-bond donors (Lipinski definition) is 1. The van der Waals surface area contributed by atoms with E-state index in [1.807, 2.05) is 42.5 Å². The Balaban J connectivity index is 1.38. The zero-order valence-corrected chi connectivity index (χ0v) is 23.0. The summed E-state index contributed by atoms with van der Waals surface area (Å²) in [6.07, 6.45) is 19.8. The second-order valence-corrected chi connectivity index (χ2v) is 10.4. The highest BCUT2D eigenvalue weighted by atomic mass is 16.5. The third-order valence-corrected chi connectivity index (χ3v) is 7.23. The molecule has 0 bridgehead atoms. The van der Waals surface area contributed by atoms with Gasteiger partial charge in [-0.15, -0.1) is 0 Å². The summed E-state index contributed by atoms with van der Waals surface area (Å²) in [6, 6.07) is 17.7. The van der Waals surface area contributed by atoms with Crippen molar-refractivity contribution in [1.29, 1.82) is 0 Å². The maximum atomic E-state index is 12.7. The Kier molecular flexibility index (Phi) is 12.9. The van der Waals surface area contributed by atoms with Gasteiger partial charge in [-0.3, -0.25) is 9.59 Å². The SMILES string of the molecule is CCCCCCCCCCCCCCC=CC(CC(=O)Oc1cccc2cc3ccccc3cc12)C(=O)O. The van der Waals surface area contributed by atoms with Crippen molar-refractivity contribution in [3.05, 3.63) is 66.7 Å². The fraction of sp³-hybridized carbons (Fsp3) is 0.471. The summed E-state index contributed by atoms with van der Waals surface area (Å²) in [5.41, 5.74) is 0. The predicted octanol–water partition coefficient (Wildman–Crippen LogP) is 9.64. The largest absolute Gasteiger partial charge is 0.481 e. The van der Waals surface area contributed by atoms with Crippen LogP contribution >= 0.6 is 0 Å². The van der Waals surface area contributed by atoms with Crippen LogP contribution in [0.15, 0.2) is 66.7 Å². The summed E-state index contributed by atoms with van der Waals surface area (Å²) in [4.78, 5) is 24.4. The molecule has 4 nitrogen and oxygen atoms in total. The van der Waals surface area contributed by atoms with E-state index in [0.717, 1.165) is 40.8 Å². The van der Waals surface area contributed by atoms with Gasteiger partial charge in [0.1, 0.15) is 5.75 Å². The summed E-state index contributed by atoms with van der Waals surface area (Å²) >= 11 is 0. The molecule has 1 N–H and O–H groups in total. The third-order valence-electron chi connectivity index (χ3n) is 7.23. The van der Waals surface area contributed by atoms with Crippen LogP contribution in [0.3, 0.4) is 0 Å². The van der Waals surface area contributed by atoms with E-state index in [9.17, 15) is 14.7 Å². The topological polar surface area (TPSA) is 63.6 Å². The van der Waals surface area contributed by atoms with E-state index in [4.69, 9.17) is 4.74 Å². The summed E-state index contributed by atoms with van der Waals surface area (Å²) in [5, 5.41) is 13.6. The molecule has 4 heteroatoms. The van der Waals surface area contributed by atoms with E-state index >= 15 is 0 Å². The van der Waals surface area contributed by atoms with Gasteiger partial charge < -0.3 is 9.84 Å². The first kappa shape index (κ1) is 29.4. The number of esters is 1. The first-order chi connectivity index (χ1) is 18.6. The highest BCUT2D eigenvalue weighted by Crippen LogP contribution is 2.30. The second kappa shape index (κ2) is 16.7. The van der Waals surface area contributed by atoms with Crippen LogP contribution in [0.4, 0.5) is 0 Å². The molecule has 0 aliphatic rings. The van der Waals surface area contributed by atoms with Crippen LogP contribution in [-0.2, 0) is 9.59 Å². The number of unbranched alkanes of at least 4 members (excludes halogenated alkanes) is 12. The molecule has 3 aromatic rings. The number of allylic oxidation sites excluding steroid dienone is 1. The number of hydrogen-bond acceptors (Lipinski definition) is 3. The van der Waals surface area contributed by atoms with Gasteiger partial charge in [0.05, 0.1) is 12.3 Å². The van der Waals surface area contributed by atoms with Crippen molar-refractivity contribution in [2.75, 3.05) is 0 Å². The Morgan fingerprint density at radius 2 is 1.34 bits per heavy atom. The normalized spacial score (nSPS) is 12.3. The molecule has 0 saturated carbocycles. The summed E-state index contributed by atoms with van der Waals surface area (Å²) in [5.74, 6) is -1.96. The van der Waals surface area contributed by atoms with Gasteiger partial charge in [-0.25, -0.2) is 0 Å². The highest BCUT2D eigenvalue weighted by Gasteiger charge is 2.20. The number of ether oxygens (including phenoxy) is 1. The molecule has 0 saturated heterocycles. The van der Waals surface area contributed by atoms with Crippen molar-refractivity contribution in [3.63, 3.8) is 0 Å². The van der Waals surface area contributed by atoms with Gasteiger partial charge in [0, 0.05) is 5.39 Å². The Morgan fingerprint density at radius 3 is 1.97 bits per heavy atom. The lowest BCUT2D eigenvalue weighted by atomic mass is 10.0. The molecule has 38 heavy (non-hydrogen) atoms. The van der Waals surface area contributed by atoms with Gasteiger partial charge in [-0.2, -0.15) is 0 Å². The van der Waals surface area contributed by atoms with E-state index in [0.29, 0.717) is 5.75 Å². The minimum atomic E-state index is -1.00. The van der Waals surface area contributed by atoms with Crippen LogP contribution in [0.2, 0.25) is 0 Å². The third kappa shape index (κ3) is 9.96. The average molecular weight is 517 g/mol. The second-order valence-electron chi connectivity index (χ2n) is 10.4. The monoisotopic (exact) mass is 516 g/mol. The lowest BCUT2D eigenvalue weighted by molar-refractivity contribution is -0.145. The summed E-state index contributed by atoms with van der Waals surface area (Å²) in [6.45, 7) is 2.26. The predicted molar refractivity (Wildman–Crippen MR) is 158 cm³/mol. The van der Waals surface area contributed by atoms with Crippen molar-refractivity contribution >= 4 is 33.5 Å². The molecule has 0 radical (unpaired) electrons. The smallest absolute Gasteiger partial charge is 0.312 e. The van der Waals surface area contributed by atoms with Crippen LogP contribution in [-0.4, -0.2) is 17.0 Å². The van der Waals surface area contributed by atoms with Gasteiger partial charge in [0.2, 0.25) is 0 Å². The van der Waals surface area contributed by atoms with E-state index in [2.05, 4.69) is 19.1 Å². The zero-order valence-electron chi connectivity index (χ0n) is 23.0. The molecule has 0 fully saturated rings. The molecule has 1 atom stereocenters. The fourth-order valence-corrected chi connectivity index (χ4v) is 4.97. The average Bonchev–Trinajstić information content (AvgIpc) is 2.91. The summed E-state index contributed by atoms with van der Waals surface area (Å²) in [7, 11) is 0. The zero-order chi connectivity index (χ0) is 27.0. The molecule has 0 aliphatic carbocycles. The van der Waals surface area contributed by atoms with E-state index in [1.54, 1.807) is 12.1 Å². The van der Waals surface area contributed by atoms with Crippen molar-refractivity contribution in [2.45, 2.75) is 96.8 Å². The molecule has 0 amide bonds. The van der Waals surface area contributed by atoms with Crippen LogP contribution in [0.25, 0.3) is 21.5 Å². The summed E-state index contributed by atoms with van der Waals surface area (Å²) < 4.78 is 5.65. The van der Waals surface area contributed by atoms with Gasteiger partial charge in [0.25, 0.3) is 0 Å². The van der Waals surface area contributed by atoms with E-state index in [1.165, 1.54) is 64.2 Å². The maximum absolute atomic E-state index is 12.7. The van der Waals surface area contributed by atoms with E-state index in [-0.39, 0.29) is 6.42 Å². The molecule has 204 valence electrons. The molecule has 1 unspecified atom stereocenters. The van der Waals surface area contributed by atoms with E-state index < -0.39 is 17.9 Å². The van der Waals surface area contributed by atoms with Crippen molar-refractivity contribution in [2.24, 2.45) is 5.92 Å². The molecular weight excluding hydrogens is 472 g/mol. The lowest BCUT2D eigenvalue weighted by Crippen LogP contribution is -2.19. The molecule has 3 aromatic carbocycles. The highest BCUT2D eigenvalue weighted by molar-refractivity contribution is 6.01. The molecule has 0 aliphatic heterocycles. The van der Waals surface area contributed by atoms with Crippen molar-refractivity contribution in [1.82, 2.24) is 0 Å². The number of carbonyl (C=O) groups is 2. The van der Waals surface area contributed by atoms with Gasteiger partial charge >= 0.3 is 11.9 Å². The number of carboxylic acids is 1. The minimum absolute atomic E-state index is 0.186. The number of carbonyl (C=O) groups excluding carboxylic acids is 1. The first-order valence-electron chi connectivity index (χ1n) is 14.6. The lowest BCUT2D eigenvalue weighted by Gasteiger charge is -2.11. The van der Waals surface area contributed by atoms with Crippen LogP contribution in [0, 0.1) is 5.92 Å². The molecular formula is C34H44O4.